The van der Waals surface area contributed by atoms with Crippen molar-refractivity contribution in [2.75, 3.05) is 6.61 Å². The second-order valence-corrected chi connectivity index (χ2v) is 6.51. The molecule has 5 heteroatoms. The van der Waals surface area contributed by atoms with Crippen LogP contribution in [0.15, 0.2) is 42.6 Å². The number of benzene rings is 1. The standard InChI is InChI=1S/C17H16N2O2S/c1-2-15-17(18-9-1)22-16(19-15)11-21-14-7-5-13(6-8-14)20-10-12-3-4-12/h1-2,5-9,12H,3-4,10-11H2. The van der Waals surface area contributed by atoms with E-state index in [0.717, 1.165) is 39.4 Å². The number of thiazole rings is 1. The normalized spacial score (nSPS) is 14.2. The van der Waals surface area contributed by atoms with E-state index in [1.54, 1.807) is 17.5 Å². The van der Waals surface area contributed by atoms with Gasteiger partial charge in [-0.25, -0.2) is 9.97 Å². The molecule has 1 aromatic carbocycles. The zero-order valence-corrected chi connectivity index (χ0v) is 12.9. The van der Waals surface area contributed by atoms with Gasteiger partial charge in [0.15, 0.2) is 0 Å². The number of hydrogen-bond donors (Lipinski definition) is 0. The first kappa shape index (κ1) is 13.5. The van der Waals surface area contributed by atoms with Crippen LogP contribution in [0.25, 0.3) is 10.3 Å². The maximum absolute atomic E-state index is 5.78. The zero-order chi connectivity index (χ0) is 14.8. The van der Waals surface area contributed by atoms with Gasteiger partial charge in [0, 0.05) is 6.20 Å². The van der Waals surface area contributed by atoms with Crippen LogP contribution < -0.4 is 9.47 Å². The minimum absolute atomic E-state index is 0.462. The van der Waals surface area contributed by atoms with Gasteiger partial charge in [0.05, 0.1) is 6.61 Å². The highest BCUT2D eigenvalue weighted by Gasteiger charge is 2.21. The summed E-state index contributed by atoms with van der Waals surface area (Å²) in [6.07, 6.45) is 4.39. The molecule has 2 aromatic heterocycles. The van der Waals surface area contributed by atoms with Gasteiger partial charge in [0.25, 0.3) is 0 Å². The molecule has 1 aliphatic rings. The van der Waals surface area contributed by atoms with E-state index in [9.17, 15) is 0 Å². The van der Waals surface area contributed by atoms with Crippen molar-refractivity contribution in [1.82, 2.24) is 9.97 Å². The second-order valence-electron chi connectivity index (χ2n) is 5.45. The number of fused-ring (bicyclic) bond motifs is 1. The van der Waals surface area contributed by atoms with Gasteiger partial charge in [-0.1, -0.05) is 11.3 Å². The second kappa shape index (κ2) is 5.93. The Bertz CT molecular complexity index is 733. The maximum atomic E-state index is 5.78. The van der Waals surface area contributed by atoms with Crippen LogP contribution in [0.4, 0.5) is 0 Å². The number of hydrogen-bond acceptors (Lipinski definition) is 5. The topological polar surface area (TPSA) is 44.2 Å². The fraction of sp³-hybridized carbons (Fsp3) is 0.294. The summed E-state index contributed by atoms with van der Waals surface area (Å²) >= 11 is 1.57. The molecule has 0 N–H and O–H groups in total. The monoisotopic (exact) mass is 312 g/mol. The molecule has 0 atom stereocenters. The van der Waals surface area contributed by atoms with E-state index in [-0.39, 0.29) is 0 Å². The van der Waals surface area contributed by atoms with Gasteiger partial charge in [0.2, 0.25) is 0 Å². The minimum Gasteiger partial charge on any atom is -0.493 e. The summed E-state index contributed by atoms with van der Waals surface area (Å²) in [5, 5.41) is 0.933. The van der Waals surface area contributed by atoms with Crippen molar-refractivity contribution >= 4 is 21.7 Å². The van der Waals surface area contributed by atoms with E-state index in [1.165, 1.54) is 12.8 Å². The number of aromatic nitrogens is 2. The molecule has 4 rings (SSSR count). The van der Waals surface area contributed by atoms with Gasteiger partial charge in [0.1, 0.15) is 33.5 Å². The molecule has 1 saturated carbocycles. The molecule has 1 aliphatic carbocycles. The first-order valence-electron chi connectivity index (χ1n) is 7.43. The molecule has 0 radical (unpaired) electrons. The van der Waals surface area contributed by atoms with Crippen LogP contribution in [-0.2, 0) is 6.61 Å². The molecule has 0 aliphatic heterocycles. The summed E-state index contributed by atoms with van der Waals surface area (Å²) in [5.41, 5.74) is 0.926. The molecular weight excluding hydrogens is 296 g/mol. The molecule has 0 spiro atoms. The highest BCUT2D eigenvalue weighted by molar-refractivity contribution is 7.18. The third-order valence-corrected chi connectivity index (χ3v) is 4.53. The van der Waals surface area contributed by atoms with Crippen LogP contribution in [0.2, 0.25) is 0 Å². The molecule has 2 heterocycles. The number of nitrogens with zero attached hydrogens (tertiary/aromatic N) is 2. The smallest absolute Gasteiger partial charge is 0.143 e. The highest BCUT2D eigenvalue weighted by Crippen LogP contribution is 2.30. The van der Waals surface area contributed by atoms with E-state index >= 15 is 0 Å². The first-order valence-corrected chi connectivity index (χ1v) is 8.24. The van der Waals surface area contributed by atoms with Crippen molar-refractivity contribution in [3.63, 3.8) is 0 Å². The van der Waals surface area contributed by atoms with Gasteiger partial charge in [-0.15, -0.1) is 0 Å². The third-order valence-electron chi connectivity index (χ3n) is 3.58. The zero-order valence-electron chi connectivity index (χ0n) is 12.1. The van der Waals surface area contributed by atoms with Crippen LogP contribution in [0.3, 0.4) is 0 Å². The summed E-state index contributed by atoms with van der Waals surface area (Å²) in [6.45, 7) is 1.29. The minimum atomic E-state index is 0.462. The summed E-state index contributed by atoms with van der Waals surface area (Å²) in [5.74, 6) is 2.50. The Balaban J connectivity index is 1.36. The molecule has 3 aromatic rings. The van der Waals surface area contributed by atoms with Gasteiger partial charge in [-0.05, 0) is 55.2 Å². The molecule has 112 valence electrons. The summed E-state index contributed by atoms with van der Waals surface area (Å²) in [4.78, 5) is 9.75. The summed E-state index contributed by atoms with van der Waals surface area (Å²) in [7, 11) is 0. The quantitative estimate of drug-likeness (QED) is 0.688. The average molecular weight is 312 g/mol. The third kappa shape index (κ3) is 3.20. The molecule has 1 fully saturated rings. The molecule has 0 saturated heterocycles. The highest BCUT2D eigenvalue weighted by atomic mass is 32.1. The lowest BCUT2D eigenvalue weighted by Gasteiger charge is -2.07. The fourth-order valence-electron chi connectivity index (χ4n) is 2.15. The predicted octanol–water partition coefficient (Wildman–Crippen LogP) is 4.06. The van der Waals surface area contributed by atoms with Gasteiger partial charge in [-0.3, -0.25) is 0 Å². The fourth-order valence-corrected chi connectivity index (χ4v) is 2.97. The predicted molar refractivity (Wildman–Crippen MR) is 86.4 cm³/mol. The van der Waals surface area contributed by atoms with Crippen molar-refractivity contribution < 1.29 is 9.47 Å². The number of ether oxygens (including phenoxy) is 2. The van der Waals surface area contributed by atoms with Crippen molar-refractivity contribution in [3.8, 4) is 11.5 Å². The molecule has 0 unspecified atom stereocenters. The van der Waals surface area contributed by atoms with Crippen LogP contribution in [-0.4, -0.2) is 16.6 Å². The SMILES string of the molecule is c1cnc2sc(COc3ccc(OCC4CC4)cc3)nc2c1. The van der Waals surface area contributed by atoms with Gasteiger partial charge < -0.3 is 9.47 Å². The van der Waals surface area contributed by atoms with E-state index < -0.39 is 0 Å². The molecule has 22 heavy (non-hydrogen) atoms. The van der Waals surface area contributed by atoms with E-state index in [0.29, 0.717) is 6.61 Å². The van der Waals surface area contributed by atoms with Crippen molar-refractivity contribution in [2.45, 2.75) is 19.4 Å². The number of rotatable bonds is 6. The Hall–Kier alpha value is -2.14. The Morgan fingerprint density at radius 2 is 1.82 bits per heavy atom. The van der Waals surface area contributed by atoms with Crippen LogP contribution in [0.5, 0.6) is 11.5 Å². The lowest BCUT2D eigenvalue weighted by atomic mass is 10.3. The van der Waals surface area contributed by atoms with E-state index in [2.05, 4.69) is 9.97 Å². The molecule has 4 nitrogen and oxygen atoms in total. The van der Waals surface area contributed by atoms with Crippen molar-refractivity contribution in [2.24, 2.45) is 5.92 Å². The average Bonchev–Trinajstić information content (AvgIpc) is 3.29. The van der Waals surface area contributed by atoms with Crippen LogP contribution in [0.1, 0.15) is 17.8 Å². The Morgan fingerprint density at radius 3 is 2.55 bits per heavy atom. The molecule has 0 bridgehead atoms. The Labute approximate surface area is 132 Å². The summed E-state index contributed by atoms with van der Waals surface area (Å²) < 4.78 is 11.5. The maximum Gasteiger partial charge on any atom is 0.143 e. The largest absolute Gasteiger partial charge is 0.493 e. The Kier molecular flexibility index (Phi) is 3.64. The molecule has 0 amide bonds. The van der Waals surface area contributed by atoms with Gasteiger partial charge in [-0.2, -0.15) is 0 Å². The Morgan fingerprint density at radius 1 is 1.05 bits per heavy atom. The van der Waals surface area contributed by atoms with Crippen LogP contribution >= 0.6 is 11.3 Å². The summed E-state index contributed by atoms with van der Waals surface area (Å²) in [6, 6.07) is 11.7. The van der Waals surface area contributed by atoms with E-state index in [4.69, 9.17) is 9.47 Å². The van der Waals surface area contributed by atoms with Crippen LogP contribution in [0, 0.1) is 5.92 Å². The molecular formula is C17H16N2O2S. The number of pyridine rings is 1. The lowest BCUT2D eigenvalue weighted by molar-refractivity contribution is 0.294. The van der Waals surface area contributed by atoms with Crippen molar-refractivity contribution in [3.05, 3.63) is 47.6 Å². The van der Waals surface area contributed by atoms with Gasteiger partial charge >= 0.3 is 0 Å². The van der Waals surface area contributed by atoms with Crippen molar-refractivity contribution in [1.29, 1.82) is 0 Å². The van der Waals surface area contributed by atoms with E-state index in [1.807, 2.05) is 36.4 Å². The first-order chi connectivity index (χ1) is 10.9. The lowest BCUT2D eigenvalue weighted by Crippen LogP contribution is -1.99.